The Hall–Kier alpha value is -0.820. The summed E-state index contributed by atoms with van der Waals surface area (Å²) in [6.07, 6.45) is 3.54. The molecule has 0 saturated heterocycles. The van der Waals surface area contributed by atoms with E-state index in [1.807, 2.05) is 0 Å². The molecule has 1 nitrogen and oxygen atoms in total. The minimum Gasteiger partial charge on any atom is -0.310 e. The lowest BCUT2D eigenvalue weighted by molar-refractivity contribution is 0.375. The molecule has 1 N–H and O–H groups in total. The summed E-state index contributed by atoms with van der Waals surface area (Å²) in [7, 11) is 0. The van der Waals surface area contributed by atoms with Crippen LogP contribution in [-0.4, -0.2) is 6.54 Å². The van der Waals surface area contributed by atoms with Gasteiger partial charge in [0.25, 0.3) is 0 Å². The van der Waals surface area contributed by atoms with Crippen LogP contribution in [0.1, 0.15) is 57.7 Å². The summed E-state index contributed by atoms with van der Waals surface area (Å²) < 4.78 is 0. The highest BCUT2D eigenvalue weighted by Crippen LogP contribution is 2.27. The van der Waals surface area contributed by atoms with Crippen molar-refractivity contribution in [3.8, 4) is 0 Å². The second-order valence-electron chi connectivity index (χ2n) is 4.87. The van der Waals surface area contributed by atoms with E-state index in [9.17, 15) is 0 Å². The summed E-state index contributed by atoms with van der Waals surface area (Å²) in [5, 5.41) is 3.71. The maximum atomic E-state index is 3.71. The number of hydrogen-bond donors (Lipinski definition) is 1. The molecule has 0 aliphatic carbocycles. The van der Waals surface area contributed by atoms with Gasteiger partial charge in [0.1, 0.15) is 0 Å². The van der Waals surface area contributed by atoms with Crippen LogP contribution in [0.5, 0.6) is 0 Å². The van der Waals surface area contributed by atoms with Crippen molar-refractivity contribution in [2.45, 2.75) is 53.0 Å². The molecule has 0 aromatic heterocycles. The average Bonchev–Trinajstić information content (AvgIpc) is 2.39. The Kier molecular flexibility index (Phi) is 6.28. The molecule has 0 amide bonds. The third kappa shape index (κ3) is 3.85. The summed E-state index contributed by atoms with van der Waals surface area (Å²) in [5.41, 5.74) is 2.99. The molecule has 96 valence electrons. The summed E-state index contributed by atoms with van der Waals surface area (Å²) in [6, 6.07) is 9.38. The van der Waals surface area contributed by atoms with Gasteiger partial charge in [-0.15, -0.1) is 0 Å². The van der Waals surface area contributed by atoms with Gasteiger partial charge < -0.3 is 5.32 Å². The monoisotopic (exact) mass is 233 g/mol. The fourth-order valence-electron chi connectivity index (χ4n) is 2.31. The van der Waals surface area contributed by atoms with E-state index in [0.29, 0.717) is 12.0 Å². The van der Waals surface area contributed by atoms with Gasteiger partial charge in [0, 0.05) is 6.04 Å². The van der Waals surface area contributed by atoms with Gasteiger partial charge in [-0.1, -0.05) is 58.4 Å². The lowest BCUT2D eigenvalue weighted by Gasteiger charge is -2.26. The number of nitrogens with one attached hydrogen (secondary N) is 1. The highest BCUT2D eigenvalue weighted by molar-refractivity contribution is 5.30. The van der Waals surface area contributed by atoms with Gasteiger partial charge in [-0.3, -0.25) is 0 Å². The molecular formula is C16H27N. The van der Waals surface area contributed by atoms with Gasteiger partial charge in [0.05, 0.1) is 0 Å². The predicted octanol–water partition coefficient (Wildman–Crippen LogP) is 4.34. The molecule has 2 unspecified atom stereocenters. The molecule has 1 aromatic rings. The third-order valence-corrected chi connectivity index (χ3v) is 3.60. The molecular weight excluding hydrogens is 206 g/mol. The van der Waals surface area contributed by atoms with E-state index in [4.69, 9.17) is 0 Å². The number of benzene rings is 1. The van der Waals surface area contributed by atoms with E-state index >= 15 is 0 Å². The molecule has 0 spiro atoms. The van der Waals surface area contributed by atoms with Gasteiger partial charge in [0.15, 0.2) is 0 Å². The summed E-state index contributed by atoms with van der Waals surface area (Å²) >= 11 is 0. The average molecular weight is 233 g/mol. The zero-order valence-electron chi connectivity index (χ0n) is 11.8. The maximum Gasteiger partial charge on any atom is 0.0348 e. The van der Waals surface area contributed by atoms with E-state index in [2.05, 4.69) is 57.3 Å². The van der Waals surface area contributed by atoms with Crippen molar-refractivity contribution in [3.05, 3.63) is 35.4 Å². The topological polar surface area (TPSA) is 12.0 Å². The van der Waals surface area contributed by atoms with Gasteiger partial charge in [-0.05, 0) is 36.4 Å². The van der Waals surface area contributed by atoms with Gasteiger partial charge >= 0.3 is 0 Å². The fraction of sp³-hybridized carbons (Fsp3) is 0.625. The standard InChI is InChI=1S/C16H27N/c1-5-12-17-16(13(4)6-2)15-11-9-8-10-14(15)7-3/h8-11,13,16-17H,5-7,12H2,1-4H3. The molecule has 0 radical (unpaired) electrons. The molecule has 1 heteroatoms. The molecule has 0 fully saturated rings. The van der Waals surface area contributed by atoms with Crippen LogP contribution in [0.25, 0.3) is 0 Å². The van der Waals surface area contributed by atoms with Crippen LogP contribution in [0.15, 0.2) is 24.3 Å². The third-order valence-electron chi connectivity index (χ3n) is 3.60. The zero-order valence-corrected chi connectivity index (χ0v) is 11.8. The van der Waals surface area contributed by atoms with Crippen LogP contribution in [0.4, 0.5) is 0 Å². The summed E-state index contributed by atoms with van der Waals surface area (Å²) in [6.45, 7) is 10.2. The van der Waals surface area contributed by atoms with Crippen LogP contribution < -0.4 is 5.32 Å². The van der Waals surface area contributed by atoms with Crippen molar-refractivity contribution >= 4 is 0 Å². The van der Waals surface area contributed by atoms with Crippen molar-refractivity contribution in [2.24, 2.45) is 5.92 Å². The van der Waals surface area contributed by atoms with Crippen molar-refractivity contribution in [3.63, 3.8) is 0 Å². The molecule has 0 aliphatic heterocycles. The van der Waals surface area contributed by atoms with E-state index in [-0.39, 0.29) is 0 Å². The zero-order chi connectivity index (χ0) is 12.7. The number of hydrogen-bond acceptors (Lipinski definition) is 1. The van der Waals surface area contributed by atoms with Crippen molar-refractivity contribution in [1.82, 2.24) is 5.32 Å². The van der Waals surface area contributed by atoms with Gasteiger partial charge in [-0.2, -0.15) is 0 Å². The highest BCUT2D eigenvalue weighted by Gasteiger charge is 2.18. The molecule has 1 rings (SSSR count). The predicted molar refractivity (Wildman–Crippen MR) is 76.3 cm³/mol. The number of aryl methyl sites for hydroxylation is 1. The lowest BCUT2D eigenvalue weighted by atomic mass is 9.88. The fourth-order valence-corrected chi connectivity index (χ4v) is 2.31. The summed E-state index contributed by atoms with van der Waals surface area (Å²) in [5.74, 6) is 0.689. The van der Waals surface area contributed by atoms with E-state index in [1.54, 1.807) is 0 Å². The molecule has 2 atom stereocenters. The van der Waals surface area contributed by atoms with Crippen LogP contribution in [0.3, 0.4) is 0 Å². The van der Waals surface area contributed by atoms with Crippen LogP contribution in [0, 0.1) is 5.92 Å². The largest absolute Gasteiger partial charge is 0.310 e. The highest BCUT2D eigenvalue weighted by atomic mass is 14.9. The summed E-state index contributed by atoms with van der Waals surface area (Å²) in [4.78, 5) is 0. The molecule has 0 aliphatic rings. The van der Waals surface area contributed by atoms with Crippen LogP contribution in [-0.2, 0) is 6.42 Å². The lowest BCUT2D eigenvalue weighted by Crippen LogP contribution is -2.28. The van der Waals surface area contributed by atoms with Gasteiger partial charge in [0.2, 0.25) is 0 Å². The van der Waals surface area contributed by atoms with Crippen molar-refractivity contribution in [2.75, 3.05) is 6.54 Å². The Morgan fingerprint density at radius 1 is 1.12 bits per heavy atom. The first-order valence-corrected chi connectivity index (χ1v) is 7.05. The Bertz CT molecular complexity index is 319. The first-order chi connectivity index (χ1) is 8.24. The first-order valence-electron chi connectivity index (χ1n) is 7.05. The van der Waals surface area contributed by atoms with E-state index in [0.717, 1.165) is 13.0 Å². The Balaban J connectivity index is 2.94. The molecule has 1 aromatic carbocycles. The normalized spacial score (nSPS) is 14.6. The number of rotatable bonds is 7. The smallest absolute Gasteiger partial charge is 0.0348 e. The minimum absolute atomic E-state index is 0.510. The first kappa shape index (κ1) is 14.2. The van der Waals surface area contributed by atoms with Crippen LogP contribution in [0.2, 0.25) is 0 Å². The Morgan fingerprint density at radius 3 is 2.41 bits per heavy atom. The Labute approximate surface area is 107 Å². The van der Waals surface area contributed by atoms with Crippen molar-refractivity contribution < 1.29 is 0 Å². The van der Waals surface area contributed by atoms with E-state index < -0.39 is 0 Å². The van der Waals surface area contributed by atoms with Crippen LogP contribution >= 0.6 is 0 Å². The molecule has 0 saturated carbocycles. The SMILES string of the molecule is CCCNC(c1ccccc1CC)C(C)CC. The quantitative estimate of drug-likeness (QED) is 0.739. The molecule has 17 heavy (non-hydrogen) atoms. The van der Waals surface area contributed by atoms with E-state index in [1.165, 1.54) is 24.0 Å². The Morgan fingerprint density at radius 2 is 1.82 bits per heavy atom. The van der Waals surface area contributed by atoms with Gasteiger partial charge in [-0.25, -0.2) is 0 Å². The second-order valence-corrected chi connectivity index (χ2v) is 4.87. The van der Waals surface area contributed by atoms with Crippen molar-refractivity contribution in [1.29, 1.82) is 0 Å². The second kappa shape index (κ2) is 7.50. The maximum absolute atomic E-state index is 3.71. The minimum atomic E-state index is 0.510. The molecule has 0 heterocycles. The molecule has 0 bridgehead atoms.